The molecule has 0 spiro atoms. The second-order valence-corrected chi connectivity index (χ2v) is 10.7. The zero-order valence-electron chi connectivity index (χ0n) is 22.8. The van der Waals surface area contributed by atoms with Crippen LogP contribution in [0, 0.1) is 0 Å². The molecule has 1 fully saturated rings. The van der Waals surface area contributed by atoms with Crippen LogP contribution in [0.5, 0.6) is 5.75 Å². The SMILES string of the molecule is CC1CN(C(=O)OC(C)(C)C)CCN1c1ncnc2c1c(-c1cnn(C)c1)cn2-c1cccc(OC(F)(F)F)c1. The maximum atomic E-state index is 12.9. The number of ether oxygens (including phenoxy) is 2. The Kier molecular flexibility index (Phi) is 6.84. The van der Waals surface area contributed by atoms with Crippen LogP contribution in [0.4, 0.5) is 23.8 Å². The number of piperazine rings is 1. The van der Waals surface area contributed by atoms with Gasteiger partial charge in [0.25, 0.3) is 0 Å². The van der Waals surface area contributed by atoms with Gasteiger partial charge in [-0.05, 0) is 39.8 Å². The van der Waals surface area contributed by atoms with E-state index in [9.17, 15) is 18.0 Å². The lowest BCUT2D eigenvalue weighted by Crippen LogP contribution is -2.54. The molecule has 1 aliphatic rings. The molecule has 4 aromatic rings. The molecule has 1 aliphatic heterocycles. The first-order valence-electron chi connectivity index (χ1n) is 12.7. The minimum Gasteiger partial charge on any atom is -0.444 e. The zero-order valence-corrected chi connectivity index (χ0v) is 22.8. The van der Waals surface area contributed by atoms with E-state index in [1.165, 1.54) is 24.5 Å². The first-order chi connectivity index (χ1) is 18.8. The second kappa shape index (κ2) is 10.0. The molecule has 1 aromatic carbocycles. The summed E-state index contributed by atoms with van der Waals surface area (Å²) in [7, 11) is 1.80. The molecule has 1 unspecified atom stereocenters. The third-order valence-electron chi connectivity index (χ3n) is 6.46. The molecule has 5 rings (SSSR count). The Hall–Kier alpha value is -4.29. The summed E-state index contributed by atoms with van der Waals surface area (Å²) in [6, 6.07) is 5.63. The van der Waals surface area contributed by atoms with E-state index < -0.39 is 12.0 Å². The summed E-state index contributed by atoms with van der Waals surface area (Å²) in [6.07, 6.45) is 1.63. The van der Waals surface area contributed by atoms with E-state index in [0.29, 0.717) is 36.8 Å². The van der Waals surface area contributed by atoms with Crippen molar-refractivity contribution in [1.82, 2.24) is 29.2 Å². The quantitative estimate of drug-likeness (QED) is 0.342. The van der Waals surface area contributed by atoms with Crippen LogP contribution in [0.3, 0.4) is 0 Å². The summed E-state index contributed by atoms with van der Waals surface area (Å²) < 4.78 is 51.8. The minimum atomic E-state index is -4.81. The van der Waals surface area contributed by atoms with Crippen LogP contribution in [0.2, 0.25) is 0 Å². The Morgan fingerprint density at radius 2 is 1.88 bits per heavy atom. The van der Waals surface area contributed by atoms with Gasteiger partial charge in [0.05, 0.1) is 17.3 Å². The van der Waals surface area contributed by atoms with Gasteiger partial charge in [0, 0.05) is 62.3 Å². The van der Waals surface area contributed by atoms with E-state index >= 15 is 0 Å². The van der Waals surface area contributed by atoms with Gasteiger partial charge in [0.1, 0.15) is 23.5 Å². The number of amides is 1. The van der Waals surface area contributed by atoms with Crippen LogP contribution in [0.15, 0.2) is 49.2 Å². The number of aryl methyl sites for hydroxylation is 1. The van der Waals surface area contributed by atoms with Crippen molar-refractivity contribution in [2.45, 2.75) is 45.7 Å². The average molecular weight is 558 g/mol. The summed E-state index contributed by atoms with van der Waals surface area (Å²) in [5, 5.41) is 5.02. The monoisotopic (exact) mass is 557 g/mol. The fourth-order valence-corrected chi connectivity index (χ4v) is 4.83. The van der Waals surface area contributed by atoms with E-state index in [-0.39, 0.29) is 17.9 Å². The predicted octanol–water partition coefficient (Wildman–Crippen LogP) is 5.17. The fourth-order valence-electron chi connectivity index (χ4n) is 4.83. The number of rotatable bonds is 4. The number of nitrogens with zero attached hydrogens (tertiary/aromatic N) is 7. The largest absolute Gasteiger partial charge is 0.573 e. The number of aromatic nitrogens is 5. The number of hydrogen-bond donors (Lipinski definition) is 0. The lowest BCUT2D eigenvalue weighted by Gasteiger charge is -2.41. The maximum absolute atomic E-state index is 12.9. The van der Waals surface area contributed by atoms with Crippen LogP contribution in [-0.2, 0) is 11.8 Å². The highest BCUT2D eigenvalue weighted by molar-refractivity contribution is 6.02. The number of anilines is 1. The van der Waals surface area contributed by atoms with E-state index in [1.807, 2.05) is 40.1 Å². The number of hydrogen-bond acceptors (Lipinski definition) is 7. The Bertz CT molecular complexity index is 1540. The summed E-state index contributed by atoms with van der Waals surface area (Å²) in [5.74, 6) is 0.317. The van der Waals surface area contributed by atoms with Crippen LogP contribution < -0.4 is 9.64 Å². The van der Waals surface area contributed by atoms with Crippen molar-refractivity contribution < 1.29 is 27.4 Å². The first-order valence-corrected chi connectivity index (χ1v) is 12.7. The molecule has 40 heavy (non-hydrogen) atoms. The minimum absolute atomic E-state index is 0.104. The lowest BCUT2D eigenvalue weighted by molar-refractivity contribution is -0.274. The average Bonchev–Trinajstić information content (AvgIpc) is 3.45. The van der Waals surface area contributed by atoms with Gasteiger partial charge in [-0.25, -0.2) is 14.8 Å². The summed E-state index contributed by atoms with van der Waals surface area (Å²) >= 11 is 0. The maximum Gasteiger partial charge on any atom is 0.573 e. The highest BCUT2D eigenvalue weighted by Gasteiger charge is 2.33. The van der Waals surface area contributed by atoms with Gasteiger partial charge in [-0.15, -0.1) is 13.2 Å². The third kappa shape index (κ3) is 5.68. The molecule has 0 saturated carbocycles. The van der Waals surface area contributed by atoms with Crippen molar-refractivity contribution in [1.29, 1.82) is 0 Å². The van der Waals surface area contributed by atoms with E-state index in [4.69, 9.17) is 4.74 Å². The van der Waals surface area contributed by atoms with E-state index in [1.54, 1.807) is 33.5 Å². The topological polar surface area (TPSA) is 90.5 Å². The van der Waals surface area contributed by atoms with E-state index in [0.717, 1.165) is 16.5 Å². The van der Waals surface area contributed by atoms with Gasteiger partial charge in [0.15, 0.2) is 5.65 Å². The van der Waals surface area contributed by atoms with Crippen molar-refractivity contribution in [2.75, 3.05) is 24.5 Å². The molecule has 212 valence electrons. The molecular formula is C27H30F3N7O3. The molecule has 0 aliphatic carbocycles. The summed E-state index contributed by atoms with van der Waals surface area (Å²) in [5.41, 5.74) is 1.91. The van der Waals surface area contributed by atoms with E-state index in [2.05, 4.69) is 24.7 Å². The van der Waals surface area contributed by atoms with Crippen molar-refractivity contribution in [2.24, 2.45) is 7.05 Å². The van der Waals surface area contributed by atoms with Gasteiger partial charge in [0.2, 0.25) is 0 Å². The number of carbonyl (C=O) groups is 1. The molecule has 0 radical (unpaired) electrons. The van der Waals surface area contributed by atoms with Gasteiger partial charge in [-0.1, -0.05) is 6.07 Å². The molecule has 0 bridgehead atoms. The van der Waals surface area contributed by atoms with Gasteiger partial charge in [-0.3, -0.25) is 4.68 Å². The van der Waals surface area contributed by atoms with Crippen molar-refractivity contribution in [3.8, 4) is 22.6 Å². The number of fused-ring (bicyclic) bond motifs is 1. The molecule has 0 N–H and O–H groups in total. The Morgan fingerprint density at radius 1 is 1.10 bits per heavy atom. The first kappa shape index (κ1) is 27.3. The fraction of sp³-hybridized carbons (Fsp3) is 0.407. The van der Waals surface area contributed by atoms with Crippen LogP contribution in [-0.4, -0.2) is 72.9 Å². The Morgan fingerprint density at radius 3 is 2.52 bits per heavy atom. The molecular weight excluding hydrogens is 527 g/mol. The highest BCUT2D eigenvalue weighted by atomic mass is 19.4. The van der Waals surface area contributed by atoms with Crippen LogP contribution in [0.25, 0.3) is 27.8 Å². The predicted molar refractivity (Wildman–Crippen MR) is 142 cm³/mol. The Labute approximate surface area is 228 Å². The summed E-state index contributed by atoms with van der Waals surface area (Å²) in [6.45, 7) is 8.86. The number of halogens is 3. The number of carbonyl (C=O) groups excluding carboxylic acids is 1. The Balaban J connectivity index is 1.57. The van der Waals surface area contributed by atoms with Gasteiger partial charge < -0.3 is 23.8 Å². The van der Waals surface area contributed by atoms with Crippen molar-refractivity contribution in [3.63, 3.8) is 0 Å². The molecule has 4 heterocycles. The molecule has 1 amide bonds. The third-order valence-corrected chi connectivity index (χ3v) is 6.46. The zero-order chi connectivity index (χ0) is 28.8. The van der Waals surface area contributed by atoms with Gasteiger partial charge in [-0.2, -0.15) is 5.10 Å². The lowest BCUT2D eigenvalue weighted by atomic mass is 10.1. The molecule has 13 heteroatoms. The van der Waals surface area contributed by atoms with Crippen molar-refractivity contribution >= 4 is 22.9 Å². The highest BCUT2D eigenvalue weighted by Crippen LogP contribution is 2.38. The van der Waals surface area contributed by atoms with Crippen LogP contribution in [0.1, 0.15) is 27.7 Å². The van der Waals surface area contributed by atoms with Crippen molar-refractivity contribution in [3.05, 3.63) is 49.2 Å². The normalized spacial score (nSPS) is 16.4. The smallest absolute Gasteiger partial charge is 0.444 e. The molecule has 10 nitrogen and oxygen atoms in total. The summed E-state index contributed by atoms with van der Waals surface area (Å²) in [4.78, 5) is 25.7. The standard InChI is InChI=1S/C27H30F3N7O3/c1-17-13-35(25(38)40-26(2,3)4)9-10-36(17)23-22-21(18-12-33-34(5)14-18)15-37(24(22)32-16-31-23)19-7-6-8-20(11-19)39-27(28,29)30/h6-8,11-12,14-17H,9-10,13H2,1-5H3. The van der Waals surface area contributed by atoms with Gasteiger partial charge >= 0.3 is 12.5 Å². The molecule has 3 aromatic heterocycles. The number of benzene rings is 1. The van der Waals surface area contributed by atoms with Crippen LogP contribution >= 0.6 is 0 Å². The molecule has 1 atom stereocenters. The number of alkyl halides is 3. The molecule has 1 saturated heterocycles. The second-order valence-electron chi connectivity index (χ2n) is 10.7.